The van der Waals surface area contributed by atoms with Gasteiger partial charge >= 0.3 is 0 Å². The molecular weight excluding hydrogens is 207 g/mol. The molecule has 0 unspecified atom stereocenters. The maximum Gasteiger partial charge on any atom is 0.213 e. The Hall–Kier alpha value is -2.03. The molecule has 0 saturated heterocycles. The van der Waals surface area contributed by atoms with Crippen molar-refractivity contribution in [3.05, 3.63) is 60.2 Å². The lowest BCUT2D eigenvalue weighted by atomic mass is 10.2. The number of para-hydroxylation sites is 2. The van der Waals surface area contributed by atoms with Crippen LogP contribution in [0.2, 0.25) is 0 Å². The van der Waals surface area contributed by atoms with Gasteiger partial charge in [0, 0.05) is 4.53 Å². The minimum Gasteiger partial charge on any atom is -0.485 e. The summed E-state index contributed by atoms with van der Waals surface area (Å²) in [4.78, 5) is 3.71. The molecule has 2 rings (SSSR count). The van der Waals surface area contributed by atoms with Crippen LogP contribution in [0, 0.1) is 0 Å². The molecule has 0 bridgehead atoms. The lowest BCUT2D eigenvalue weighted by Gasteiger charge is -2.07. The van der Waals surface area contributed by atoms with Crippen LogP contribution < -0.4 is 9.68 Å². The van der Waals surface area contributed by atoms with Crippen molar-refractivity contribution in [2.24, 2.45) is 0 Å². The second-order valence-corrected chi connectivity index (χ2v) is 3.30. The molecule has 2 aromatic carbocycles. The highest BCUT2D eigenvalue weighted by atomic mass is 19.3. The average Bonchev–Trinajstić information content (AvgIpc) is 2.38. The van der Waals surface area contributed by atoms with Crippen molar-refractivity contribution < 1.29 is 14.2 Å². The molecule has 0 amide bonds. The topological polar surface area (TPSA) is 18.5 Å². The van der Waals surface area contributed by atoms with Gasteiger partial charge in [-0.05, 0) is 17.7 Å². The standard InChI is InChI=1S/C13H11FO2/c14-16-13-9-5-4-8-12(13)15-10-11-6-2-1-3-7-11/h1-9H,10H2. The molecule has 16 heavy (non-hydrogen) atoms. The van der Waals surface area contributed by atoms with Crippen LogP contribution in [0.5, 0.6) is 11.5 Å². The van der Waals surface area contributed by atoms with Crippen LogP contribution in [0.25, 0.3) is 0 Å². The van der Waals surface area contributed by atoms with Crippen LogP contribution in [0.1, 0.15) is 5.56 Å². The van der Waals surface area contributed by atoms with E-state index in [2.05, 4.69) is 4.94 Å². The fourth-order valence-electron chi connectivity index (χ4n) is 1.37. The lowest BCUT2D eigenvalue weighted by molar-refractivity contribution is -0.00984. The van der Waals surface area contributed by atoms with Crippen LogP contribution >= 0.6 is 0 Å². The summed E-state index contributed by atoms with van der Waals surface area (Å²) in [7, 11) is 0. The highest BCUT2D eigenvalue weighted by Gasteiger charge is 2.04. The SMILES string of the molecule is FOc1ccccc1OCc1ccccc1. The molecule has 0 fully saturated rings. The monoisotopic (exact) mass is 218 g/mol. The number of hydrogen-bond acceptors (Lipinski definition) is 2. The van der Waals surface area contributed by atoms with Crippen LogP contribution in [-0.2, 0) is 6.61 Å². The molecule has 0 heterocycles. The maximum atomic E-state index is 12.1. The first-order valence-electron chi connectivity index (χ1n) is 4.94. The number of hydrogen-bond donors (Lipinski definition) is 0. The van der Waals surface area contributed by atoms with Crippen LogP contribution in [0.15, 0.2) is 54.6 Å². The van der Waals surface area contributed by atoms with Gasteiger partial charge in [0.25, 0.3) is 0 Å². The van der Waals surface area contributed by atoms with Crippen molar-refractivity contribution in [2.75, 3.05) is 0 Å². The summed E-state index contributed by atoms with van der Waals surface area (Å²) in [6, 6.07) is 16.3. The summed E-state index contributed by atoms with van der Waals surface area (Å²) in [5.41, 5.74) is 1.02. The zero-order chi connectivity index (χ0) is 11.2. The lowest BCUT2D eigenvalue weighted by Crippen LogP contribution is -1.96. The Labute approximate surface area is 93.1 Å². The Kier molecular flexibility index (Phi) is 3.38. The molecule has 0 aromatic heterocycles. The smallest absolute Gasteiger partial charge is 0.213 e. The largest absolute Gasteiger partial charge is 0.485 e. The van der Waals surface area contributed by atoms with Gasteiger partial charge in [-0.15, -0.1) is 0 Å². The van der Waals surface area contributed by atoms with Gasteiger partial charge in [0.1, 0.15) is 6.61 Å². The highest BCUT2D eigenvalue weighted by Crippen LogP contribution is 2.27. The van der Waals surface area contributed by atoms with Gasteiger partial charge in [-0.25, -0.2) is 0 Å². The summed E-state index contributed by atoms with van der Waals surface area (Å²) < 4.78 is 17.6. The first kappa shape index (κ1) is 10.5. The quantitative estimate of drug-likeness (QED) is 0.781. The van der Waals surface area contributed by atoms with E-state index in [9.17, 15) is 4.53 Å². The molecule has 0 spiro atoms. The second kappa shape index (κ2) is 5.16. The van der Waals surface area contributed by atoms with E-state index in [0.717, 1.165) is 5.56 Å². The van der Waals surface area contributed by atoms with E-state index < -0.39 is 0 Å². The molecule has 0 radical (unpaired) electrons. The molecule has 3 heteroatoms. The van der Waals surface area contributed by atoms with Crippen LogP contribution in [0.3, 0.4) is 0 Å². The first-order chi connectivity index (χ1) is 7.90. The van der Waals surface area contributed by atoms with Gasteiger partial charge < -0.3 is 4.74 Å². The third-order valence-corrected chi connectivity index (χ3v) is 2.17. The van der Waals surface area contributed by atoms with Crippen LogP contribution in [-0.4, -0.2) is 0 Å². The van der Waals surface area contributed by atoms with E-state index in [-0.39, 0.29) is 5.75 Å². The number of rotatable bonds is 4. The Morgan fingerprint density at radius 3 is 2.12 bits per heavy atom. The predicted octanol–water partition coefficient (Wildman–Crippen LogP) is 3.53. The van der Waals surface area contributed by atoms with Gasteiger partial charge in [0.2, 0.25) is 5.75 Å². The zero-order valence-corrected chi connectivity index (χ0v) is 8.60. The van der Waals surface area contributed by atoms with Gasteiger partial charge in [-0.3, -0.25) is 4.94 Å². The molecule has 0 aliphatic rings. The first-order valence-corrected chi connectivity index (χ1v) is 4.94. The number of halogens is 1. The van der Waals surface area contributed by atoms with E-state index in [1.54, 1.807) is 18.2 Å². The zero-order valence-electron chi connectivity index (χ0n) is 8.60. The third kappa shape index (κ3) is 2.51. The molecule has 2 aromatic rings. The Balaban J connectivity index is 2.05. The Morgan fingerprint density at radius 2 is 1.44 bits per heavy atom. The third-order valence-electron chi connectivity index (χ3n) is 2.17. The normalized spacial score (nSPS) is 9.81. The Morgan fingerprint density at radius 1 is 0.812 bits per heavy atom. The molecule has 2 nitrogen and oxygen atoms in total. The minimum atomic E-state index is 0.0958. The number of benzene rings is 2. The van der Waals surface area contributed by atoms with Crippen LogP contribution in [0.4, 0.5) is 4.53 Å². The Bertz CT molecular complexity index is 443. The summed E-state index contributed by atoms with van der Waals surface area (Å²) >= 11 is 0. The fraction of sp³-hybridized carbons (Fsp3) is 0.0769. The molecule has 0 aliphatic carbocycles. The summed E-state index contributed by atoms with van der Waals surface area (Å²) in [6.45, 7) is 0.390. The van der Waals surface area contributed by atoms with E-state index in [0.29, 0.717) is 12.4 Å². The van der Waals surface area contributed by atoms with Crippen molar-refractivity contribution in [1.82, 2.24) is 0 Å². The molecular formula is C13H11FO2. The van der Waals surface area contributed by atoms with Gasteiger partial charge in [-0.1, -0.05) is 42.5 Å². The van der Waals surface area contributed by atoms with Crippen molar-refractivity contribution in [3.8, 4) is 11.5 Å². The fourth-order valence-corrected chi connectivity index (χ4v) is 1.37. The van der Waals surface area contributed by atoms with Crippen molar-refractivity contribution >= 4 is 0 Å². The van der Waals surface area contributed by atoms with Crippen molar-refractivity contribution in [3.63, 3.8) is 0 Å². The molecule has 0 aliphatic heterocycles. The van der Waals surface area contributed by atoms with Crippen molar-refractivity contribution in [1.29, 1.82) is 0 Å². The molecule has 82 valence electrons. The summed E-state index contributed by atoms with van der Waals surface area (Å²) in [5, 5.41) is 0. The van der Waals surface area contributed by atoms with E-state index in [4.69, 9.17) is 4.74 Å². The molecule has 0 atom stereocenters. The van der Waals surface area contributed by atoms with Gasteiger partial charge in [0.05, 0.1) is 0 Å². The highest BCUT2D eigenvalue weighted by molar-refractivity contribution is 5.39. The summed E-state index contributed by atoms with van der Waals surface area (Å²) in [6.07, 6.45) is 0. The predicted molar refractivity (Wildman–Crippen MR) is 59.0 cm³/mol. The molecule has 0 N–H and O–H groups in total. The average molecular weight is 218 g/mol. The van der Waals surface area contributed by atoms with E-state index in [1.165, 1.54) is 6.07 Å². The van der Waals surface area contributed by atoms with Gasteiger partial charge in [0.15, 0.2) is 5.75 Å². The maximum absolute atomic E-state index is 12.1. The number of ether oxygens (including phenoxy) is 1. The second-order valence-electron chi connectivity index (χ2n) is 3.30. The summed E-state index contributed by atoms with van der Waals surface area (Å²) in [5.74, 6) is 0.493. The minimum absolute atomic E-state index is 0.0958. The van der Waals surface area contributed by atoms with E-state index in [1.807, 2.05) is 30.3 Å². The van der Waals surface area contributed by atoms with E-state index >= 15 is 0 Å². The van der Waals surface area contributed by atoms with Crippen molar-refractivity contribution in [2.45, 2.75) is 6.61 Å². The molecule has 0 saturated carbocycles. The van der Waals surface area contributed by atoms with Gasteiger partial charge in [-0.2, -0.15) is 0 Å².